The van der Waals surface area contributed by atoms with Crippen LogP contribution in [0.2, 0.25) is 10.0 Å². The van der Waals surface area contributed by atoms with Gasteiger partial charge in [-0.3, -0.25) is 9.80 Å². The maximum absolute atomic E-state index is 15.2. The molecule has 56 heavy (non-hydrogen) atoms. The van der Waals surface area contributed by atoms with Crippen molar-refractivity contribution in [2.24, 2.45) is 5.92 Å². The fraction of sp³-hybridized carbons (Fsp3) is 0.279. The minimum atomic E-state index is -1.13. The molecule has 4 aromatic carbocycles. The molecule has 13 heteroatoms. The topological polar surface area (TPSA) is 115 Å². The lowest BCUT2D eigenvalue weighted by Gasteiger charge is -2.44. The molecule has 0 spiro atoms. The van der Waals surface area contributed by atoms with Crippen molar-refractivity contribution < 1.29 is 38.0 Å². The normalized spacial score (nSPS) is 17.9. The fourth-order valence-electron chi connectivity index (χ4n) is 7.77. The maximum atomic E-state index is 15.2. The number of halogens is 3. The van der Waals surface area contributed by atoms with Gasteiger partial charge in [0.1, 0.15) is 22.0 Å². The number of hydrogen-bond acceptors (Lipinski definition) is 7. The summed E-state index contributed by atoms with van der Waals surface area (Å²) in [6.45, 7) is 2.74. The van der Waals surface area contributed by atoms with Gasteiger partial charge in [-0.25, -0.2) is 14.0 Å². The number of para-hydroxylation sites is 1. The Morgan fingerprint density at radius 3 is 2.23 bits per heavy atom. The van der Waals surface area contributed by atoms with Crippen molar-refractivity contribution in [1.82, 2.24) is 4.90 Å². The molecule has 5 aromatic rings. The van der Waals surface area contributed by atoms with Gasteiger partial charge in [-0.15, -0.1) is 0 Å². The van der Waals surface area contributed by atoms with Gasteiger partial charge in [0.15, 0.2) is 23.9 Å². The summed E-state index contributed by atoms with van der Waals surface area (Å²) < 4.78 is 32.8. The highest BCUT2D eigenvalue weighted by atomic mass is 35.5. The fourth-order valence-corrected chi connectivity index (χ4v) is 8.37. The predicted molar refractivity (Wildman–Crippen MR) is 211 cm³/mol. The van der Waals surface area contributed by atoms with Crippen molar-refractivity contribution in [1.29, 1.82) is 0 Å². The number of benzene rings is 4. The number of rotatable bonds is 12. The Hall–Kier alpha value is -5.36. The van der Waals surface area contributed by atoms with E-state index in [2.05, 4.69) is 4.90 Å². The van der Waals surface area contributed by atoms with Crippen molar-refractivity contribution in [3.63, 3.8) is 0 Å². The first-order valence-corrected chi connectivity index (χ1v) is 19.0. The summed E-state index contributed by atoms with van der Waals surface area (Å²) >= 11 is 13.1. The zero-order valence-electron chi connectivity index (χ0n) is 30.8. The van der Waals surface area contributed by atoms with Crippen LogP contribution in [0.5, 0.6) is 11.5 Å². The third-order valence-electron chi connectivity index (χ3n) is 10.8. The lowest BCUT2D eigenvalue weighted by Crippen LogP contribution is -2.53. The highest BCUT2D eigenvalue weighted by molar-refractivity contribution is 6.35. The van der Waals surface area contributed by atoms with E-state index in [1.54, 1.807) is 42.5 Å². The molecule has 290 valence electrons. The van der Waals surface area contributed by atoms with Gasteiger partial charge in [0.05, 0.1) is 32.0 Å². The van der Waals surface area contributed by atoms with E-state index in [-0.39, 0.29) is 40.4 Å². The van der Waals surface area contributed by atoms with Crippen LogP contribution < -0.4 is 19.1 Å². The first-order chi connectivity index (χ1) is 27.0. The van der Waals surface area contributed by atoms with Crippen molar-refractivity contribution in [2.75, 3.05) is 38.8 Å². The molecule has 3 aliphatic heterocycles. The molecule has 2 bridgehead atoms. The SMILES string of the molecule is COc1ccc([C@H](Cc2c(Cl)c[n+]([O-])cc2Cl)c2cc(-c3ccc(CN(C(=O)O[C@H]4CN5CCC4CC5)c4ccccc4F)cc3)ccc2C(=O)O)cc1OC. The van der Waals surface area contributed by atoms with Crippen LogP contribution >= 0.6 is 23.2 Å². The zero-order chi connectivity index (χ0) is 39.5. The second-order valence-corrected chi connectivity index (χ2v) is 14.9. The number of carboxylic acids is 1. The Balaban J connectivity index is 1.22. The number of aromatic carboxylic acids is 1. The number of pyridine rings is 1. The van der Waals surface area contributed by atoms with Gasteiger partial charge in [0.2, 0.25) is 0 Å². The second kappa shape index (κ2) is 16.8. The van der Waals surface area contributed by atoms with Crippen LogP contribution in [0.3, 0.4) is 0 Å². The van der Waals surface area contributed by atoms with E-state index in [0.717, 1.165) is 42.6 Å². The summed E-state index contributed by atoms with van der Waals surface area (Å²) in [6, 6.07) is 24.0. The van der Waals surface area contributed by atoms with E-state index in [1.807, 2.05) is 36.4 Å². The predicted octanol–water partition coefficient (Wildman–Crippen LogP) is 8.76. The molecular weight excluding hydrogens is 760 g/mol. The third-order valence-corrected chi connectivity index (χ3v) is 11.4. The largest absolute Gasteiger partial charge is 0.619 e. The Kier molecular flexibility index (Phi) is 11.7. The van der Waals surface area contributed by atoms with E-state index in [4.69, 9.17) is 37.4 Å². The summed E-state index contributed by atoms with van der Waals surface area (Å²) in [5.41, 5.74) is 4.05. The number of amides is 1. The number of fused-ring (bicyclic) bond motifs is 3. The lowest BCUT2D eigenvalue weighted by atomic mass is 9.82. The summed E-state index contributed by atoms with van der Waals surface area (Å²) in [7, 11) is 3.04. The Bertz CT molecular complexity index is 2220. The van der Waals surface area contributed by atoms with Gasteiger partial charge in [-0.2, -0.15) is 4.73 Å². The molecule has 0 unspecified atom stereocenters. The standard InChI is InChI=1S/C43H40Cl2FN3O7/c1-54-39-14-12-30(20-40(39)55-2)32(21-34-35(44)23-48(53)24-36(34)45)33-19-29(11-13-31(33)42(50)51)27-9-7-26(8-10-27)22-49(38-6-4-3-5-37(38)46)43(52)56-41-25-47-17-15-28(41)16-18-47/h3-14,19-20,23-24,28,32,41H,15-18,21-22,25H2,1-2H3,(H,50,51)/t32-,41-/m0/s1. The molecule has 1 amide bonds. The number of nitrogens with zero attached hydrogens (tertiary/aromatic N) is 3. The van der Waals surface area contributed by atoms with Crippen molar-refractivity contribution >= 4 is 41.0 Å². The summed E-state index contributed by atoms with van der Waals surface area (Å²) in [5.74, 6) is -1.05. The van der Waals surface area contributed by atoms with Crippen molar-refractivity contribution in [2.45, 2.75) is 37.8 Å². The number of anilines is 1. The highest BCUT2D eigenvalue weighted by Gasteiger charge is 2.38. The van der Waals surface area contributed by atoms with Crippen molar-refractivity contribution in [3.05, 3.63) is 146 Å². The van der Waals surface area contributed by atoms with Gasteiger partial charge >= 0.3 is 12.1 Å². The van der Waals surface area contributed by atoms with Crippen LogP contribution in [0.1, 0.15) is 51.4 Å². The summed E-state index contributed by atoms with van der Waals surface area (Å²) in [5, 5.41) is 22.8. The Morgan fingerprint density at radius 1 is 0.929 bits per heavy atom. The highest BCUT2D eigenvalue weighted by Crippen LogP contribution is 2.40. The average Bonchev–Trinajstić information content (AvgIpc) is 3.20. The molecule has 3 saturated heterocycles. The van der Waals surface area contributed by atoms with Gasteiger partial charge in [-0.05, 0) is 102 Å². The van der Waals surface area contributed by atoms with Gasteiger partial charge in [0, 0.05) is 18.0 Å². The van der Waals surface area contributed by atoms with Crippen LogP contribution in [-0.2, 0) is 17.7 Å². The average molecular weight is 801 g/mol. The number of carbonyl (C=O) groups is 2. The second-order valence-electron chi connectivity index (χ2n) is 14.1. The molecule has 4 heterocycles. The van der Waals surface area contributed by atoms with E-state index in [9.17, 15) is 19.9 Å². The zero-order valence-corrected chi connectivity index (χ0v) is 32.3. The maximum Gasteiger partial charge on any atom is 0.415 e. The van der Waals surface area contributed by atoms with Crippen LogP contribution in [-0.4, -0.2) is 62.0 Å². The molecule has 1 aromatic heterocycles. The van der Waals surface area contributed by atoms with Crippen LogP contribution in [0.25, 0.3) is 11.1 Å². The molecule has 3 fully saturated rings. The molecule has 8 rings (SSSR count). The van der Waals surface area contributed by atoms with Crippen LogP contribution in [0.15, 0.2) is 97.3 Å². The molecule has 2 atom stereocenters. The van der Waals surface area contributed by atoms with E-state index >= 15 is 4.39 Å². The minimum absolute atomic E-state index is 0.0632. The first-order valence-electron chi connectivity index (χ1n) is 18.2. The van der Waals surface area contributed by atoms with E-state index in [0.29, 0.717) is 45.4 Å². The number of piperidine rings is 3. The molecule has 0 aliphatic carbocycles. The molecular formula is C43H40Cl2FN3O7. The molecule has 1 N–H and O–H groups in total. The molecule has 0 saturated carbocycles. The lowest BCUT2D eigenvalue weighted by molar-refractivity contribution is -0.605. The third kappa shape index (κ3) is 8.26. The van der Waals surface area contributed by atoms with Crippen molar-refractivity contribution in [3.8, 4) is 22.6 Å². The van der Waals surface area contributed by atoms with Crippen LogP contribution in [0, 0.1) is 16.9 Å². The number of carbonyl (C=O) groups excluding carboxylic acids is 1. The van der Waals surface area contributed by atoms with Gasteiger partial charge in [-0.1, -0.05) is 71.7 Å². The van der Waals surface area contributed by atoms with Gasteiger partial charge in [0.25, 0.3) is 0 Å². The number of methoxy groups -OCH3 is 2. The molecule has 10 nitrogen and oxygen atoms in total. The number of hydrogen-bond donors (Lipinski definition) is 1. The molecule has 0 radical (unpaired) electrons. The smallest absolute Gasteiger partial charge is 0.415 e. The van der Waals surface area contributed by atoms with E-state index in [1.165, 1.54) is 37.6 Å². The summed E-state index contributed by atoms with van der Waals surface area (Å²) in [6.07, 6.45) is 3.65. The first kappa shape index (κ1) is 38.9. The summed E-state index contributed by atoms with van der Waals surface area (Å²) in [4.78, 5) is 30.1. The number of carboxylic acid groups (broad SMARTS) is 1. The minimum Gasteiger partial charge on any atom is -0.619 e. The van der Waals surface area contributed by atoms with Gasteiger partial charge < -0.3 is 24.5 Å². The van der Waals surface area contributed by atoms with E-state index < -0.39 is 23.8 Å². The monoisotopic (exact) mass is 799 g/mol. The molecule has 3 aliphatic rings. The quantitative estimate of drug-likeness (QED) is 0.0985. The Labute approximate surface area is 334 Å². The Morgan fingerprint density at radius 2 is 1.61 bits per heavy atom. The number of aromatic nitrogens is 1. The number of ether oxygens (including phenoxy) is 3. The van der Waals surface area contributed by atoms with Crippen LogP contribution in [0.4, 0.5) is 14.9 Å².